The molecule has 1 unspecified atom stereocenters. The largest absolute Gasteiger partial charge is 0.396 e. The van der Waals surface area contributed by atoms with Crippen LogP contribution < -0.4 is 10.6 Å². The highest BCUT2D eigenvalue weighted by Crippen LogP contribution is 2.21. The summed E-state index contributed by atoms with van der Waals surface area (Å²) in [5.74, 6) is 0.863. The zero-order valence-electron chi connectivity index (χ0n) is 10.7. The molecule has 1 aromatic rings. The summed E-state index contributed by atoms with van der Waals surface area (Å²) in [6.45, 7) is 5.58. The Bertz CT molecular complexity index is 431. The molecule has 1 fully saturated rings. The van der Waals surface area contributed by atoms with Gasteiger partial charge in [0.15, 0.2) is 5.82 Å². The molecule has 2 rings (SSSR count). The molecule has 2 heterocycles. The number of piperazine rings is 1. The minimum atomic E-state index is 0.0354. The van der Waals surface area contributed by atoms with Crippen LogP contribution in [0.1, 0.15) is 13.3 Å². The Labute approximate surface area is 108 Å². The molecule has 18 heavy (non-hydrogen) atoms. The van der Waals surface area contributed by atoms with Gasteiger partial charge in [0, 0.05) is 32.4 Å². The number of rotatable bonds is 3. The molecule has 0 bridgehead atoms. The first kappa shape index (κ1) is 12.7. The van der Waals surface area contributed by atoms with E-state index in [9.17, 15) is 0 Å². The van der Waals surface area contributed by atoms with Crippen molar-refractivity contribution in [3.63, 3.8) is 0 Å². The van der Waals surface area contributed by atoms with Crippen LogP contribution in [0.15, 0.2) is 18.3 Å². The molecule has 1 aromatic heterocycles. The molecule has 5 heteroatoms. The number of nitrogen functional groups attached to an aromatic ring is 1. The molecule has 0 amide bonds. The molecule has 5 nitrogen and oxygen atoms in total. The summed E-state index contributed by atoms with van der Waals surface area (Å²) >= 11 is 0. The summed E-state index contributed by atoms with van der Waals surface area (Å²) in [5, 5.41) is 9.07. The van der Waals surface area contributed by atoms with E-state index >= 15 is 0 Å². The Balaban J connectivity index is 1.99. The van der Waals surface area contributed by atoms with Crippen LogP contribution >= 0.6 is 0 Å². The lowest BCUT2D eigenvalue weighted by atomic mass is 10.2. The zero-order valence-corrected chi connectivity index (χ0v) is 10.7. The van der Waals surface area contributed by atoms with Gasteiger partial charge in [-0.1, -0.05) is 6.92 Å². The minimum Gasteiger partial charge on any atom is -0.396 e. The molecular formula is C13H19N5. The summed E-state index contributed by atoms with van der Waals surface area (Å²) in [6.07, 6.45) is 2.64. The normalized spacial score (nSPS) is 18.3. The third-order valence-electron chi connectivity index (χ3n) is 3.41. The van der Waals surface area contributed by atoms with E-state index in [4.69, 9.17) is 11.0 Å². The second kappa shape index (κ2) is 5.69. The van der Waals surface area contributed by atoms with Gasteiger partial charge in [-0.25, -0.2) is 4.98 Å². The number of nitrogens with two attached hydrogens (primary N) is 1. The predicted octanol–water partition coefficient (Wildman–Crippen LogP) is 1.09. The van der Waals surface area contributed by atoms with Crippen LogP contribution in [0.5, 0.6) is 0 Å². The number of nitriles is 1. The van der Waals surface area contributed by atoms with E-state index in [2.05, 4.69) is 27.8 Å². The van der Waals surface area contributed by atoms with Crippen LogP contribution in [0.4, 0.5) is 11.5 Å². The van der Waals surface area contributed by atoms with Crippen molar-refractivity contribution in [1.82, 2.24) is 9.88 Å². The molecule has 0 aromatic carbocycles. The maximum Gasteiger partial charge on any atom is 0.151 e. The fraction of sp³-hybridized carbons (Fsp3) is 0.538. The van der Waals surface area contributed by atoms with E-state index in [1.54, 1.807) is 6.20 Å². The van der Waals surface area contributed by atoms with Crippen molar-refractivity contribution in [1.29, 1.82) is 5.26 Å². The van der Waals surface area contributed by atoms with Gasteiger partial charge < -0.3 is 10.6 Å². The molecule has 1 saturated heterocycles. The smallest absolute Gasteiger partial charge is 0.151 e. The average Bonchev–Trinajstić information content (AvgIpc) is 2.42. The van der Waals surface area contributed by atoms with Gasteiger partial charge in [0.1, 0.15) is 0 Å². The zero-order chi connectivity index (χ0) is 13.0. The Morgan fingerprint density at radius 2 is 2.17 bits per heavy atom. The third kappa shape index (κ3) is 2.54. The highest BCUT2D eigenvalue weighted by atomic mass is 15.3. The molecule has 2 N–H and O–H groups in total. The van der Waals surface area contributed by atoms with Crippen LogP contribution in [0.2, 0.25) is 0 Å². The van der Waals surface area contributed by atoms with E-state index in [1.807, 2.05) is 12.1 Å². The number of hydrogen-bond acceptors (Lipinski definition) is 5. The molecule has 96 valence electrons. The number of anilines is 2. The van der Waals surface area contributed by atoms with Gasteiger partial charge in [0.25, 0.3) is 0 Å². The van der Waals surface area contributed by atoms with Gasteiger partial charge >= 0.3 is 0 Å². The molecule has 0 saturated carbocycles. The summed E-state index contributed by atoms with van der Waals surface area (Å²) < 4.78 is 0. The predicted molar refractivity (Wildman–Crippen MR) is 72.1 cm³/mol. The van der Waals surface area contributed by atoms with E-state index in [0.29, 0.717) is 0 Å². The number of aromatic nitrogens is 1. The van der Waals surface area contributed by atoms with E-state index < -0.39 is 0 Å². The Morgan fingerprint density at radius 3 is 2.72 bits per heavy atom. The number of pyridine rings is 1. The van der Waals surface area contributed by atoms with Gasteiger partial charge in [-0.05, 0) is 18.6 Å². The fourth-order valence-electron chi connectivity index (χ4n) is 2.35. The fourth-order valence-corrected chi connectivity index (χ4v) is 2.35. The molecular weight excluding hydrogens is 226 g/mol. The molecule has 1 atom stereocenters. The van der Waals surface area contributed by atoms with Crippen LogP contribution in [-0.4, -0.2) is 42.1 Å². The lowest BCUT2D eigenvalue weighted by Crippen LogP contribution is -2.50. The van der Waals surface area contributed by atoms with Crippen molar-refractivity contribution in [2.45, 2.75) is 19.4 Å². The second-order valence-corrected chi connectivity index (χ2v) is 4.49. The Morgan fingerprint density at radius 1 is 1.44 bits per heavy atom. The summed E-state index contributed by atoms with van der Waals surface area (Å²) in [7, 11) is 0. The highest BCUT2D eigenvalue weighted by molar-refractivity contribution is 5.62. The van der Waals surface area contributed by atoms with E-state index in [-0.39, 0.29) is 6.04 Å². The van der Waals surface area contributed by atoms with Gasteiger partial charge in [-0.2, -0.15) is 5.26 Å². The van der Waals surface area contributed by atoms with Crippen molar-refractivity contribution < 1.29 is 0 Å². The first-order chi connectivity index (χ1) is 8.76. The molecule has 0 aliphatic carbocycles. The quantitative estimate of drug-likeness (QED) is 0.863. The van der Waals surface area contributed by atoms with E-state index in [1.165, 1.54) is 0 Å². The average molecular weight is 245 g/mol. The van der Waals surface area contributed by atoms with Crippen molar-refractivity contribution in [3.8, 4) is 6.07 Å². The summed E-state index contributed by atoms with van der Waals surface area (Å²) in [4.78, 5) is 8.75. The maximum atomic E-state index is 9.07. The topological polar surface area (TPSA) is 69.2 Å². The number of hydrogen-bond donors (Lipinski definition) is 1. The van der Waals surface area contributed by atoms with Gasteiger partial charge in [0.2, 0.25) is 0 Å². The van der Waals surface area contributed by atoms with Crippen molar-refractivity contribution in [3.05, 3.63) is 18.3 Å². The lowest BCUT2D eigenvalue weighted by molar-refractivity contribution is 0.216. The molecule has 1 aliphatic rings. The second-order valence-electron chi connectivity index (χ2n) is 4.49. The van der Waals surface area contributed by atoms with Crippen LogP contribution in [-0.2, 0) is 0 Å². The van der Waals surface area contributed by atoms with Gasteiger partial charge in [0.05, 0.1) is 17.8 Å². The highest BCUT2D eigenvalue weighted by Gasteiger charge is 2.23. The molecule has 0 radical (unpaired) electrons. The lowest BCUT2D eigenvalue weighted by Gasteiger charge is -2.37. The molecule has 1 aliphatic heterocycles. The van der Waals surface area contributed by atoms with Gasteiger partial charge in [-0.3, -0.25) is 4.90 Å². The first-order valence-corrected chi connectivity index (χ1v) is 6.35. The van der Waals surface area contributed by atoms with Gasteiger partial charge in [-0.15, -0.1) is 0 Å². The Hall–Kier alpha value is -1.80. The summed E-state index contributed by atoms with van der Waals surface area (Å²) in [5.41, 5.74) is 6.65. The number of nitrogens with zero attached hydrogens (tertiary/aromatic N) is 4. The van der Waals surface area contributed by atoms with Crippen molar-refractivity contribution in [2.75, 3.05) is 36.8 Å². The minimum absolute atomic E-state index is 0.0354. The van der Waals surface area contributed by atoms with Crippen LogP contribution in [0.25, 0.3) is 0 Å². The van der Waals surface area contributed by atoms with Crippen molar-refractivity contribution in [2.24, 2.45) is 0 Å². The van der Waals surface area contributed by atoms with Crippen LogP contribution in [0, 0.1) is 11.3 Å². The summed E-state index contributed by atoms with van der Waals surface area (Å²) in [6, 6.07) is 6.11. The first-order valence-electron chi connectivity index (χ1n) is 6.35. The third-order valence-corrected chi connectivity index (χ3v) is 3.41. The SMILES string of the molecule is CCC(C#N)N1CCN(c2ncccc2N)CC1. The monoisotopic (exact) mass is 245 g/mol. The van der Waals surface area contributed by atoms with Crippen LogP contribution in [0.3, 0.4) is 0 Å². The maximum absolute atomic E-state index is 9.07. The molecule has 0 spiro atoms. The Kier molecular flexibility index (Phi) is 4.00. The van der Waals surface area contributed by atoms with E-state index in [0.717, 1.165) is 44.1 Å². The standard InChI is InChI=1S/C13H19N5/c1-2-11(10-14)17-6-8-18(9-7-17)13-12(15)4-3-5-16-13/h3-5,11H,2,6-9,15H2,1H3. The van der Waals surface area contributed by atoms with Crippen molar-refractivity contribution >= 4 is 11.5 Å².